The van der Waals surface area contributed by atoms with E-state index in [9.17, 15) is 14.4 Å². The Kier molecular flexibility index (Phi) is 5.72. The largest absolute Gasteiger partial charge is 0.381 e. The maximum absolute atomic E-state index is 14.5. The summed E-state index contributed by atoms with van der Waals surface area (Å²) in [5, 5.41) is 15.2. The van der Waals surface area contributed by atoms with Gasteiger partial charge in [-0.15, -0.1) is 0 Å². The number of rotatable bonds is 4. The molecule has 1 N–H and O–H groups in total. The molecule has 2 aromatic rings. The number of carbonyl (C=O) groups excluding carboxylic acids is 1. The molecule has 0 bridgehead atoms. The molecule has 9 heteroatoms. The lowest BCUT2D eigenvalue weighted by Crippen LogP contribution is -2.56. The van der Waals surface area contributed by atoms with Crippen molar-refractivity contribution in [2.75, 3.05) is 44.8 Å². The smallest absolute Gasteiger partial charge is 0.229 e. The molecule has 3 aliphatic heterocycles. The Bertz CT molecular complexity index is 1210. The third-order valence-electron chi connectivity index (χ3n) is 8.53. The normalized spacial score (nSPS) is 33.3. The molecule has 4 heterocycles. The summed E-state index contributed by atoms with van der Waals surface area (Å²) in [4.78, 5) is 19.1. The number of amides is 1. The van der Waals surface area contributed by atoms with Crippen molar-refractivity contribution in [1.29, 1.82) is 5.26 Å². The van der Waals surface area contributed by atoms with E-state index in [0.717, 1.165) is 48.6 Å². The molecule has 4 atom stereocenters. The van der Waals surface area contributed by atoms with Crippen molar-refractivity contribution in [3.63, 3.8) is 0 Å². The highest BCUT2D eigenvalue weighted by molar-refractivity contribution is 6.32. The molecule has 1 aromatic carbocycles. The van der Waals surface area contributed by atoms with Crippen LogP contribution in [-0.2, 0) is 14.3 Å². The first kappa shape index (κ1) is 23.1. The lowest BCUT2D eigenvalue weighted by Gasteiger charge is -2.41. The van der Waals surface area contributed by atoms with Crippen molar-refractivity contribution in [3.8, 4) is 6.07 Å². The minimum Gasteiger partial charge on any atom is -0.381 e. The van der Waals surface area contributed by atoms with Gasteiger partial charge in [0.1, 0.15) is 5.82 Å². The van der Waals surface area contributed by atoms with Crippen LogP contribution in [0.1, 0.15) is 37.2 Å². The summed E-state index contributed by atoms with van der Waals surface area (Å²) in [6.07, 6.45) is 3.84. The molecule has 4 fully saturated rings. The van der Waals surface area contributed by atoms with Gasteiger partial charge in [-0.25, -0.2) is 9.37 Å². The van der Waals surface area contributed by atoms with Gasteiger partial charge in [0.15, 0.2) is 11.7 Å². The predicted octanol–water partition coefficient (Wildman–Crippen LogP) is 4.06. The number of alkyl halides is 1. The predicted molar refractivity (Wildman–Crippen MR) is 129 cm³/mol. The first-order valence-electron chi connectivity index (χ1n) is 12.3. The van der Waals surface area contributed by atoms with E-state index in [4.69, 9.17) is 21.1 Å². The summed E-state index contributed by atoms with van der Waals surface area (Å²) in [5.74, 6) is 0.758. The summed E-state index contributed by atoms with van der Waals surface area (Å²) in [6.45, 7) is 2.72. The average Bonchev–Trinajstić information content (AvgIpc) is 3.16. The highest BCUT2D eigenvalue weighted by atomic mass is 35.5. The number of anilines is 1. The van der Waals surface area contributed by atoms with Crippen LogP contribution < -0.4 is 5.32 Å². The van der Waals surface area contributed by atoms with Crippen molar-refractivity contribution in [2.45, 2.75) is 43.3 Å². The molecule has 4 aliphatic rings. The molecule has 1 saturated carbocycles. The van der Waals surface area contributed by atoms with E-state index >= 15 is 0 Å². The number of piperidine rings is 1. The maximum Gasteiger partial charge on any atom is 0.229 e. The number of nitriles is 1. The number of hydrogen-bond acceptors (Lipinski definition) is 6. The van der Waals surface area contributed by atoms with Gasteiger partial charge in [0.2, 0.25) is 5.91 Å². The molecule has 184 valence electrons. The molecule has 6 rings (SSSR count). The molecular formula is C26H28ClFN4O3. The van der Waals surface area contributed by atoms with Crippen molar-refractivity contribution in [1.82, 2.24) is 9.88 Å². The summed E-state index contributed by atoms with van der Waals surface area (Å²) >= 11 is 6.67. The number of ether oxygens (including phenoxy) is 2. The van der Waals surface area contributed by atoms with Crippen LogP contribution in [-0.4, -0.2) is 67.0 Å². The summed E-state index contributed by atoms with van der Waals surface area (Å²) in [5.41, 5.74) is -0.105. The Hall–Kier alpha value is -2.31. The number of hydrogen-bond donors (Lipinski definition) is 1. The van der Waals surface area contributed by atoms with Gasteiger partial charge in [-0.1, -0.05) is 11.6 Å². The fourth-order valence-corrected chi connectivity index (χ4v) is 6.48. The van der Waals surface area contributed by atoms with Gasteiger partial charge in [0.05, 0.1) is 25.9 Å². The first-order chi connectivity index (χ1) is 16.9. The molecule has 1 spiro atoms. The Morgan fingerprint density at radius 2 is 2.06 bits per heavy atom. The number of nitrogens with one attached hydrogen (secondary N) is 1. The number of pyridine rings is 1. The minimum absolute atomic E-state index is 0.000602. The van der Waals surface area contributed by atoms with Gasteiger partial charge in [0, 0.05) is 47.6 Å². The molecule has 3 saturated heterocycles. The minimum atomic E-state index is -1.29. The number of aromatic nitrogens is 1. The SMILES string of the molecule is N#CC1(N2CCC(c3cc4cc(NC(=O)C5CC56CCOC6)ncc4cc3Cl)CC2)COCC1F. The van der Waals surface area contributed by atoms with Gasteiger partial charge >= 0.3 is 0 Å². The number of halogens is 2. The van der Waals surface area contributed by atoms with E-state index in [2.05, 4.69) is 22.4 Å². The summed E-state index contributed by atoms with van der Waals surface area (Å²) < 4.78 is 25.3. The van der Waals surface area contributed by atoms with Crippen LogP contribution in [0.4, 0.5) is 10.2 Å². The molecule has 4 unspecified atom stereocenters. The van der Waals surface area contributed by atoms with Crippen molar-refractivity contribution >= 4 is 34.1 Å². The number of benzene rings is 1. The molecule has 35 heavy (non-hydrogen) atoms. The molecular weight excluding hydrogens is 471 g/mol. The van der Waals surface area contributed by atoms with E-state index < -0.39 is 11.7 Å². The Balaban J connectivity index is 1.17. The standard InChI is InChI=1S/C26H28ClFN4O3/c27-21-8-18-11-30-23(31-24(33)20-10-25(20)3-6-34-14-25)9-17(18)7-19(21)16-1-4-32(5-2-16)26(13-29)15-35-12-22(26)28/h7-9,11,16,20,22H,1-6,10,12,14-15H2,(H,30,31,33). The number of nitrogens with zero attached hydrogens (tertiary/aromatic N) is 3. The monoisotopic (exact) mass is 498 g/mol. The van der Waals surface area contributed by atoms with Crippen LogP contribution >= 0.6 is 11.6 Å². The van der Waals surface area contributed by atoms with Crippen LogP contribution in [0.5, 0.6) is 0 Å². The highest BCUT2D eigenvalue weighted by Crippen LogP contribution is 2.58. The van der Waals surface area contributed by atoms with Crippen LogP contribution in [0.3, 0.4) is 0 Å². The third-order valence-corrected chi connectivity index (χ3v) is 8.85. The third kappa shape index (κ3) is 3.89. The molecule has 1 aromatic heterocycles. The molecule has 7 nitrogen and oxygen atoms in total. The van der Waals surface area contributed by atoms with Gasteiger partial charge in [-0.05, 0) is 60.7 Å². The second kappa shape index (κ2) is 8.67. The van der Waals surface area contributed by atoms with Gasteiger partial charge in [0.25, 0.3) is 0 Å². The fraction of sp³-hybridized carbons (Fsp3) is 0.577. The fourth-order valence-electron chi connectivity index (χ4n) is 6.15. The maximum atomic E-state index is 14.5. The van der Waals surface area contributed by atoms with Gasteiger partial charge in [-0.3, -0.25) is 9.69 Å². The lowest BCUT2D eigenvalue weighted by atomic mass is 9.85. The lowest BCUT2D eigenvalue weighted by molar-refractivity contribution is -0.118. The highest BCUT2D eigenvalue weighted by Gasteiger charge is 2.59. The first-order valence-corrected chi connectivity index (χ1v) is 12.7. The topological polar surface area (TPSA) is 87.5 Å². The van der Waals surface area contributed by atoms with Crippen LogP contribution in [0.15, 0.2) is 24.4 Å². The average molecular weight is 499 g/mol. The van der Waals surface area contributed by atoms with E-state index in [1.165, 1.54) is 0 Å². The molecule has 1 aliphatic carbocycles. The Morgan fingerprint density at radius 3 is 2.74 bits per heavy atom. The molecule has 0 radical (unpaired) electrons. The van der Waals surface area contributed by atoms with E-state index in [1.807, 2.05) is 17.0 Å². The second-order valence-corrected chi connectivity index (χ2v) is 10.9. The van der Waals surface area contributed by atoms with Gasteiger partial charge < -0.3 is 14.8 Å². The number of fused-ring (bicyclic) bond motifs is 1. The number of likely N-dealkylation sites (tertiary alicyclic amines) is 1. The van der Waals surface area contributed by atoms with Crippen molar-refractivity contribution in [2.24, 2.45) is 11.3 Å². The zero-order valence-electron chi connectivity index (χ0n) is 19.4. The zero-order valence-corrected chi connectivity index (χ0v) is 20.2. The zero-order chi connectivity index (χ0) is 24.2. The van der Waals surface area contributed by atoms with Crippen LogP contribution in [0, 0.1) is 22.7 Å². The van der Waals surface area contributed by atoms with Gasteiger partial charge in [-0.2, -0.15) is 5.26 Å². The van der Waals surface area contributed by atoms with Crippen LogP contribution in [0.2, 0.25) is 5.02 Å². The summed E-state index contributed by atoms with van der Waals surface area (Å²) in [7, 11) is 0. The van der Waals surface area contributed by atoms with E-state index in [-0.39, 0.29) is 36.4 Å². The quantitative estimate of drug-likeness (QED) is 0.684. The van der Waals surface area contributed by atoms with E-state index in [0.29, 0.717) is 30.5 Å². The second-order valence-electron chi connectivity index (χ2n) is 10.5. The van der Waals surface area contributed by atoms with E-state index in [1.54, 1.807) is 6.20 Å². The van der Waals surface area contributed by atoms with Crippen molar-refractivity contribution in [3.05, 3.63) is 35.0 Å². The Labute approximate surface area is 208 Å². The Morgan fingerprint density at radius 1 is 1.23 bits per heavy atom. The van der Waals surface area contributed by atoms with Crippen molar-refractivity contribution < 1.29 is 18.7 Å². The summed E-state index contributed by atoms with van der Waals surface area (Å²) in [6, 6.07) is 8.09. The number of carbonyl (C=O) groups is 1. The molecule has 1 amide bonds. The van der Waals surface area contributed by atoms with Crippen LogP contribution in [0.25, 0.3) is 10.8 Å².